The van der Waals surface area contributed by atoms with Crippen molar-refractivity contribution in [1.29, 1.82) is 0 Å². The van der Waals surface area contributed by atoms with E-state index in [-0.39, 0.29) is 6.10 Å². The van der Waals surface area contributed by atoms with Crippen LogP contribution in [-0.2, 0) is 24.0 Å². The largest absolute Gasteiger partial charge is 0.371 e. The van der Waals surface area contributed by atoms with Gasteiger partial charge in [-0.05, 0) is 44.7 Å². The Balaban J connectivity index is 3.20. The van der Waals surface area contributed by atoms with E-state index in [1.807, 2.05) is 6.92 Å². The first-order valence-electron chi connectivity index (χ1n) is 7.41. The van der Waals surface area contributed by atoms with Crippen molar-refractivity contribution < 1.29 is 4.74 Å². The van der Waals surface area contributed by atoms with Gasteiger partial charge in [0.25, 0.3) is 0 Å². The van der Waals surface area contributed by atoms with Crippen molar-refractivity contribution in [1.82, 2.24) is 9.97 Å². The summed E-state index contributed by atoms with van der Waals surface area (Å²) < 4.78 is 5.73. The fraction of sp³-hybridized carbons (Fsp3) is 0.733. The third-order valence-corrected chi connectivity index (χ3v) is 3.29. The van der Waals surface area contributed by atoms with E-state index < -0.39 is 0 Å². The Morgan fingerprint density at radius 3 is 2.00 bits per heavy atom. The minimum Gasteiger partial charge on any atom is -0.371 e. The van der Waals surface area contributed by atoms with Crippen LogP contribution in [0.3, 0.4) is 0 Å². The molecule has 1 rings (SSSR count). The molecule has 0 aliphatic rings. The van der Waals surface area contributed by atoms with Crippen molar-refractivity contribution in [3.8, 4) is 0 Å². The predicted octanol–water partition coefficient (Wildman–Crippen LogP) is 2.59. The van der Waals surface area contributed by atoms with E-state index in [0.717, 1.165) is 42.9 Å². The summed E-state index contributed by atoms with van der Waals surface area (Å²) >= 11 is 0. The molecular formula is C15H27N3O. The Kier molecular flexibility index (Phi) is 6.95. The fourth-order valence-corrected chi connectivity index (χ4v) is 2.34. The first-order valence-corrected chi connectivity index (χ1v) is 7.41. The molecule has 0 fully saturated rings. The van der Waals surface area contributed by atoms with Gasteiger partial charge in [0.1, 0.15) is 6.10 Å². The zero-order valence-corrected chi connectivity index (χ0v) is 12.7. The van der Waals surface area contributed by atoms with Crippen LogP contribution in [0.1, 0.15) is 63.0 Å². The molecule has 0 bridgehead atoms. The smallest absolute Gasteiger partial charge is 0.157 e. The molecule has 0 aliphatic carbocycles. The number of nitrogens with zero attached hydrogens (tertiary/aromatic N) is 2. The van der Waals surface area contributed by atoms with Crippen LogP contribution in [-0.4, -0.2) is 23.1 Å². The fourth-order valence-electron chi connectivity index (χ4n) is 2.34. The van der Waals surface area contributed by atoms with E-state index in [1.165, 1.54) is 5.56 Å². The summed E-state index contributed by atoms with van der Waals surface area (Å²) in [6, 6.07) is 0. The molecule has 0 aromatic carbocycles. The molecule has 0 amide bonds. The standard InChI is InChI=1S/C15H27N3O/c1-5-12-11(9-10-16)13(6-2)18-15(17-12)14(7-3)19-8-4/h14H,5-10,16H2,1-4H3. The van der Waals surface area contributed by atoms with Crippen LogP contribution in [0.5, 0.6) is 0 Å². The molecule has 0 spiro atoms. The molecule has 4 nitrogen and oxygen atoms in total. The quantitative estimate of drug-likeness (QED) is 0.785. The molecule has 0 aliphatic heterocycles. The second-order valence-electron chi connectivity index (χ2n) is 4.55. The number of rotatable bonds is 8. The zero-order chi connectivity index (χ0) is 14.3. The molecule has 0 radical (unpaired) electrons. The van der Waals surface area contributed by atoms with E-state index in [1.54, 1.807) is 0 Å². The minimum absolute atomic E-state index is 0.00697. The molecule has 0 saturated heterocycles. The van der Waals surface area contributed by atoms with Gasteiger partial charge in [-0.25, -0.2) is 9.97 Å². The molecule has 19 heavy (non-hydrogen) atoms. The van der Waals surface area contributed by atoms with Crippen molar-refractivity contribution in [3.05, 3.63) is 22.8 Å². The molecule has 1 aromatic heterocycles. The van der Waals surface area contributed by atoms with Crippen LogP contribution in [0.4, 0.5) is 0 Å². The minimum atomic E-state index is 0.00697. The van der Waals surface area contributed by atoms with Gasteiger partial charge < -0.3 is 10.5 Å². The van der Waals surface area contributed by atoms with Gasteiger partial charge in [0.15, 0.2) is 5.82 Å². The topological polar surface area (TPSA) is 61.0 Å². The SMILES string of the molecule is CCOC(CC)c1nc(CC)c(CCN)c(CC)n1. The van der Waals surface area contributed by atoms with Gasteiger partial charge in [-0.15, -0.1) is 0 Å². The first-order chi connectivity index (χ1) is 9.21. The number of aromatic nitrogens is 2. The second-order valence-corrected chi connectivity index (χ2v) is 4.55. The summed E-state index contributed by atoms with van der Waals surface area (Å²) in [6.45, 7) is 9.71. The van der Waals surface area contributed by atoms with Gasteiger partial charge in [0.05, 0.1) is 0 Å². The summed E-state index contributed by atoms with van der Waals surface area (Å²) in [5.41, 5.74) is 9.20. The van der Waals surface area contributed by atoms with Crippen LogP contribution in [0.2, 0.25) is 0 Å². The highest BCUT2D eigenvalue weighted by Crippen LogP contribution is 2.21. The highest BCUT2D eigenvalue weighted by Gasteiger charge is 2.17. The maximum absolute atomic E-state index is 5.73. The number of hydrogen-bond acceptors (Lipinski definition) is 4. The third kappa shape index (κ3) is 3.98. The lowest BCUT2D eigenvalue weighted by molar-refractivity contribution is 0.0531. The van der Waals surface area contributed by atoms with Crippen LogP contribution in [0.25, 0.3) is 0 Å². The Morgan fingerprint density at radius 2 is 1.63 bits per heavy atom. The highest BCUT2D eigenvalue weighted by molar-refractivity contribution is 5.27. The van der Waals surface area contributed by atoms with Crippen LogP contribution < -0.4 is 5.73 Å². The van der Waals surface area contributed by atoms with Crippen molar-refractivity contribution in [2.45, 2.75) is 59.5 Å². The predicted molar refractivity (Wildman–Crippen MR) is 78.2 cm³/mol. The van der Waals surface area contributed by atoms with Crippen LogP contribution in [0.15, 0.2) is 0 Å². The van der Waals surface area contributed by atoms with Crippen molar-refractivity contribution in [2.24, 2.45) is 5.73 Å². The lowest BCUT2D eigenvalue weighted by atomic mass is 10.0. The molecule has 4 heteroatoms. The average molecular weight is 265 g/mol. The molecule has 0 saturated carbocycles. The molecule has 2 N–H and O–H groups in total. The maximum Gasteiger partial charge on any atom is 0.157 e. The van der Waals surface area contributed by atoms with Gasteiger partial charge in [-0.3, -0.25) is 0 Å². The van der Waals surface area contributed by atoms with Crippen LogP contribution >= 0.6 is 0 Å². The Hall–Kier alpha value is -1.00. The number of nitrogens with two attached hydrogens (primary N) is 1. The Morgan fingerprint density at radius 1 is 1.05 bits per heavy atom. The zero-order valence-electron chi connectivity index (χ0n) is 12.7. The Labute approximate surface area is 116 Å². The second kappa shape index (κ2) is 8.23. The van der Waals surface area contributed by atoms with Crippen molar-refractivity contribution in [3.63, 3.8) is 0 Å². The van der Waals surface area contributed by atoms with E-state index in [9.17, 15) is 0 Å². The molecular weight excluding hydrogens is 238 g/mol. The van der Waals surface area contributed by atoms with Crippen molar-refractivity contribution >= 4 is 0 Å². The van der Waals surface area contributed by atoms with Gasteiger partial charge in [-0.2, -0.15) is 0 Å². The maximum atomic E-state index is 5.73. The van der Waals surface area contributed by atoms with Crippen LogP contribution in [0, 0.1) is 0 Å². The van der Waals surface area contributed by atoms with E-state index in [4.69, 9.17) is 20.4 Å². The monoisotopic (exact) mass is 265 g/mol. The van der Waals surface area contributed by atoms with E-state index in [0.29, 0.717) is 13.2 Å². The highest BCUT2D eigenvalue weighted by atomic mass is 16.5. The lowest BCUT2D eigenvalue weighted by Gasteiger charge is -2.18. The normalized spacial score (nSPS) is 12.7. The third-order valence-electron chi connectivity index (χ3n) is 3.29. The first kappa shape index (κ1) is 16.1. The molecule has 1 unspecified atom stereocenters. The molecule has 1 aromatic rings. The molecule has 1 atom stereocenters. The number of hydrogen-bond donors (Lipinski definition) is 1. The van der Waals surface area contributed by atoms with Gasteiger partial charge in [0, 0.05) is 18.0 Å². The van der Waals surface area contributed by atoms with Gasteiger partial charge in [-0.1, -0.05) is 20.8 Å². The van der Waals surface area contributed by atoms with E-state index in [2.05, 4.69) is 20.8 Å². The summed E-state index contributed by atoms with van der Waals surface area (Å²) in [7, 11) is 0. The van der Waals surface area contributed by atoms with Gasteiger partial charge >= 0.3 is 0 Å². The molecule has 1 heterocycles. The van der Waals surface area contributed by atoms with Crippen molar-refractivity contribution in [2.75, 3.05) is 13.2 Å². The van der Waals surface area contributed by atoms with Gasteiger partial charge in [0.2, 0.25) is 0 Å². The summed E-state index contributed by atoms with van der Waals surface area (Å²) in [4.78, 5) is 9.43. The Bertz CT molecular complexity index is 368. The number of aryl methyl sites for hydroxylation is 2. The molecule has 108 valence electrons. The summed E-state index contributed by atoms with van der Waals surface area (Å²) in [6.07, 6.45) is 3.60. The summed E-state index contributed by atoms with van der Waals surface area (Å²) in [5, 5.41) is 0. The average Bonchev–Trinajstić information content (AvgIpc) is 2.45. The number of ether oxygens (including phenoxy) is 1. The van der Waals surface area contributed by atoms with E-state index >= 15 is 0 Å². The summed E-state index contributed by atoms with van der Waals surface area (Å²) in [5.74, 6) is 0.832. The lowest BCUT2D eigenvalue weighted by Crippen LogP contribution is -2.16.